The summed E-state index contributed by atoms with van der Waals surface area (Å²) < 4.78 is 37.8. The molecule has 4 heteroatoms. The smallest absolute Gasteiger partial charge is 0.314 e. The van der Waals surface area contributed by atoms with Gasteiger partial charge in [0.15, 0.2) is 0 Å². The molecule has 0 aliphatic carbocycles. The molecule has 0 saturated carbocycles. The fraction of sp³-hybridized carbons (Fsp3) is 0.600. The molecule has 19 heavy (non-hydrogen) atoms. The number of hydrogen-bond donors (Lipinski definition) is 1. The van der Waals surface area contributed by atoms with Crippen LogP contribution in [0, 0.1) is 0 Å². The minimum absolute atomic E-state index is 0.393. The Labute approximate surface area is 113 Å². The van der Waals surface area contributed by atoms with Crippen LogP contribution >= 0.6 is 0 Å². The maximum Gasteiger partial charge on any atom is 0.416 e. The molecule has 1 N–H and O–H groups in total. The Hall–Kier alpha value is -1.03. The lowest BCUT2D eigenvalue weighted by molar-refractivity contribution is -0.137. The van der Waals surface area contributed by atoms with Crippen molar-refractivity contribution in [1.29, 1.82) is 0 Å². The number of alkyl halides is 3. The third-order valence-corrected chi connectivity index (χ3v) is 3.17. The predicted molar refractivity (Wildman–Crippen MR) is 72.1 cm³/mol. The lowest BCUT2D eigenvalue weighted by Crippen LogP contribution is -2.29. The molecule has 108 valence electrons. The molecule has 1 nitrogen and oxygen atoms in total. The molecular weight excluding hydrogens is 251 g/mol. The van der Waals surface area contributed by atoms with Crippen molar-refractivity contribution in [2.45, 2.75) is 51.7 Å². The largest absolute Gasteiger partial charge is 0.416 e. The standard InChI is InChI=1S/C15H22F3N/c1-3-6-14(19-4-2)10-9-12-7-5-8-13(11-12)15(16,17)18/h5,7-8,11,14,19H,3-4,6,9-10H2,1-2H3. The summed E-state index contributed by atoms with van der Waals surface area (Å²) in [4.78, 5) is 0. The van der Waals surface area contributed by atoms with Crippen molar-refractivity contribution >= 4 is 0 Å². The topological polar surface area (TPSA) is 12.0 Å². The third kappa shape index (κ3) is 5.64. The van der Waals surface area contributed by atoms with Gasteiger partial charge in [-0.25, -0.2) is 0 Å². The van der Waals surface area contributed by atoms with Crippen molar-refractivity contribution in [3.05, 3.63) is 35.4 Å². The minimum Gasteiger partial charge on any atom is -0.314 e. The van der Waals surface area contributed by atoms with Gasteiger partial charge in [0.2, 0.25) is 0 Å². The summed E-state index contributed by atoms with van der Waals surface area (Å²) in [6.07, 6.45) is -0.544. The zero-order chi connectivity index (χ0) is 14.3. The molecule has 0 aliphatic rings. The number of benzene rings is 1. The fourth-order valence-electron chi connectivity index (χ4n) is 2.23. The van der Waals surface area contributed by atoms with E-state index in [2.05, 4.69) is 12.2 Å². The van der Waals surface area contributed by atoms with Crippen LogP contribution in [-0.2, 0) is 12.6 Å². The molecule has 0 aromatic heterocycles. The first kappa shape index (κ1) is 16.0. The molecule has 1 aromatic rings. The Morgan fingerprint density at radius 2 is 1.89 bits per heavy atom. The van der Waals surface area contributed by atoms with Crippen LogP contribution in [0.5, 0.6) is 0 Å². The Balaban J connectivity index is 2.61. The van der Waals surface area contributed by atoms with Crippen LogP contribution in [0.1, 0.15) is 44.2 Å². The molecule has 1 atom stereocenters. The van der Waals surface area contributed by atoms with E-state index in [-0.39, 0.29) is 0 Å². The van der Waals surface area contributed by atoms with Gasteiger partial charge in [-0.2, -0.15) is 13.2 Å². The van der Waals surface area contributed by atoms with Crippen molar-refractivity contribution in [2.24, 2.45) is 0 Å². The van der Waals surface area contributed by atoms with E-state index in [9.17, 15) is 13.2 Å². The molecule has 1 aromatic carbocycles. The maximum absolute atomic E-state index is 12.6. The summed E-state index contributed by atoms with van der Waals surface area (Å²) in [5.74, 6) is 0. The van der Waals surface area contributed by atoms with Crippen molar-refractivity contribution in [2.75, 3.05) is 6.54 Å². The fourth-order valence-corrected chi connectivity index (χ4v) is 2.23. The molecule has 0 saturated heterocycles. The number of hydrogen-bond acceptors (Lipinski definition) is 1. The molecular formula is C15H22F3N. The highest BCUT2D eigenvalue weighted by Crippen LogP contribution is 2.29. The van der Waals surface area contributed by atoms with E-state index in [4.69, 9.17) is 0 Å². The number of halogens is 3. The van der Waals surface area contributed by atoms with E-state index >= 15 is 0 Å². The van der Waals surface area contributed by atoms with Crippen molar-refractivity contribution in [3.63, 3.8) is 0 Å². The van der Waals surface area contributed by atoms with Gasteiger partial charge in [0.05, 0.1) is 5.56 Å². The van der Waals surface area contributed by atoms with Gasteiger partial charge in [-0.05, 0) is 37.4 Å². The molecule has 0 aliphatic heterocycles. The molecule has 0 bridgehead atoms. The molecule has 1 rings (SSSR count). The lowest BCUT2D eigenvalue weighted by atomic mass is 10.0. The van der Waals surface area contributed by atoms with E-state index in [1.165, 1.54) is 12.1 Å². The minimum atomic E-state index is -4.25. The van der Waals surface area contributed by atoms with Crippen LogP contribution in [0.4, 0.5) is 13.2 Å². The van der Waals surface area contributed by atoms with Gasteiger partial charge in [-0.15, -0.1) is 0 Å². The van der Waals surface area contributed by atoms with E-state index in [1.54, 1.807) is 6.07 Å². The number of rotatable bonds is 7. The van der Waals surface area contributed by atoms with E-state index in [1.807, 2.05) is 6.92 Å². The second kappa shape index (κ2) is 7.53. The summed E-state index contributed by atoms with van der Waals surface area (Å²) in [7, 11) is 0. The van der Waals surface area contributed by atoms with E-state index in [0.29, 0.717) is 12.5 Å². The highest BCUT2D eigenvalue weighted by molar-refractivity contribution is 5.25. The second-order valence-electron chi connectivity index (χ2n) is 4.78. The molecule has 1 unspecified atom stereocenters. The zero-order valence-electron chi connectivity index (χ0n) is 11.6. The van der Waals surface area contributed by atoms with Crippen LogP contribution in [0.2, 0.25) is 0 Å². The van der Waals surface area contributed by atoms with Crippen molar-refractivity contribution in [1.82, 2.24) is 5.32 Å². The second-order valence-corrected chi connectivity index (χ2v) is 4.78. The van der Waals surface area contributed by atoms with E-state index in [0.717, 1.165) is 37.4 Å². The third-order valence-electron chi connectivity index (χ3n) is 3.17. The first-order chi connectivity index (χ1) is 8.97. The van der Waals surface area contributed by atoms with Crippen LogP contribution in [0.15, 0.2) is 24.3 Å². The predicted octanol–water partition coefficient (Wildman–Crippen LogP) is 4.42. The molecule has 0 heterocycles. The number of nitrogens with one attached hydrogen (secondary N) is 1. The first-order valence-electron chi connectivity index (χ1n) is 6.86. The molecule has 0 fully saturated rings. The Morgan fingerprint density at radius 1 is 1.16 bits per heavy atom. The quantitative estimate of drug-likeness (QED) is 0.775. The number of aryl methyl sites for hydroxylation is 1. The average molecular weight is 273 g/mol. The normalized spacial score (nSPS) is 13.5. The van der Waals surface area contributed by atoms with Gasteiger partial charge in [0.1, 0.15) is 0 Å². The molecule has 0 radical (unpaired) electrons. The Morgan fingerprint density at radius 3 is 2.47 bits per heavy atom. The van der Waals surface area contributed by atoms with Gasteiger partial charge in [0, 0.05) is 6.04 Å². The first-order valence-corrected chi connectivity index (χ1v) is 6.86. The summed E-state index contributed by atoms with van der Waals surface area (Å²) >= 11 is 0. The van der Waals surface area contributed by atoms with Gasteiger partial charge < -0.3 is 5.32 Å². The highest BCUT2D eigenvalue weighted by atomic mass is 19.4. The zero-order valence-corrected chi connectivity index (χ0v) is 11.6. The van der Waals surface area contributed by atoms with Gasteiger partial charge in [-0.1, -0.05) is 38.5 Å². The lowest BCUT2D eigenvalue weighted by Gasteiger charge is -2.17. The van der Waals surface area contributed by atoms with Crippen LogP contribution < -0.4 is 5.32 Å². The summed E-state index contributed by atoms with van der Waals surface area (Å²) in [6, 6.07) is 6.03. The SMILES string of the molecule is CCCC(CCc1cccc(C(F)(F)F)c1)NCC. The van der Waals surface area contributed by atoms with Crippen molar-refractivity contribution < 1.29 is 13.2 Å². The van der Waals surface area contributed by atoms with Gasteiger partial charge in [-0.3, -0.25) is 0 Å². The highest BCUT2D eigenvalue weighted by Gasteiger charge is 2.30. The molecule has 0 spiro atoms. The Kier molecular flexibility index (Phi) is 6.35. The summed E-state index contributed by atoms with van der Waals surface area (Å²) in [5, 5.41) is 3.38. The van der Waals surface area contributed by atoms with Gasteiger partial charge in [0.25, 0.3) is 0 Å². The summed E-state index contributed by atoms with van der Waals surface area (Å²) in [6.45, 7) is 5.06. The van der Waals surface area contributed by atoms with Gasteiger partial charge >= 0.3 is 6.18 Å². The summed E-state index contributed by atoms with van der Waals surface area (Å²) in [5.41, 5.74) is 0.203. The Bertz CT molecular complexity index is 368. The van der Waals surface area contributed by atoms with E-state index < -0.39 is 11.7 Å². The van der Waals surface area contributed by atoms with Crippen molar-refractivity contribution in [3.8, 4) is 0 Å². The molecule has 0 amide bonds. The van der Waals surface area contributed by atoms with Crippen LogP contribution in [0.3, 0.4) is 0 Å². The monoisotopic (exact) mass is 273 g/mol. The van der Waals surface area contributed by atoms with Crippen LogP contribution in [0.25, 0.3) is 0 Å². The maximum atomic E-state index is 12.6. The van der Waals surface area contributed by atoms with Crippen LogP contribution in [-0.4, -0.2) is 12.6 Å². The average Bonchev–Trinajstić information content (AvgIpc) is 2.36.